The van der Waals surface area contributed by atoms with Crippen LogP contribution < -0.4 is 0 Å². The molecule has 2 heterocycles. The van der Waals surface area contributed by atoms with Gasteiger partial charge in [0.15, 0.2) is 0 Å². The summed E-state index contributed by atoms with van der Waals surface area (Å²) in [6.07, 6.45) is 7.65. The fraction of sp³-hybridized carbons (Fsp3) is 0.444. The predicted molar refractivity (Wildman–Crippen MR) is 128 cm³/mol. The molecule has 0 fully saturated rings. The van der Waals surface area contributed by atoms with E-state index in [0.717, 1.165) is 11.5 Å². The highest BCUT2D eigenvalue weighted by atomic mass is 32.2. The molecule has 2 rings (SSSR count). The van der Waals surface area contributed by atoms with Gasteiger partial charge in [-0.05, 0) is 35.8 Å². The lowest BCUT2D eigenvalue weighted by Crippen LogP contribution is -1.97. The van der Waals surface area contributed by atoms with Gasteiger partial charge in [-0.15, -0.1) is 47.0 Å². The first-order chi connectivity index (χ1) is 12.6. The van der Waals surface area contributed by atoms with E-state index in [9.17, 15) is 9.59 Å². The van der Waals surface area contributed by atoms with E-state index in [4.69, 9.17) is 0 Å². The van der Waals surface area contributed by atoms with Gasteiger partial charge >= 0.3 is 0 Å². The lowest BCUT2D eigenvalue weighted by Gasteiger charge is -2.11. The Labute approximate surface area is 181 Å². The van der Waals surface area contributed by atoms with Gasteiger partial charge in [0, 0.05) is 21.3 Å². The van der Waals surface area contributed by atoms with Crippen LogP contribution in [0.15, 0.2) is 45.9 Å². The van der Waals surface area contributed by atoms with Gasteiger partial charge < -0.3 is 0 Å². The average Bonchev–Trinajstić information content (AvgIpc) is 3.30. The zero-order valence-electron chi connectivity index (χ0n) is 14.4. The quantitative estimate of drug-likeness (QED) is 0.247. The molecule has 0 N–H and O–H groups in total. The molecule has 0 aromatic rings. The Bertz CT molecular complexity index is 546. The third-order valence-corrected chi connectivity index (χ3v) is 11.2. The van der Waals surface area contributed by atoms with Crippen LogP contribution in [0.4, 0.5) is 0 Å². The maximum Gasteiger partial charge on any atom is 0.211 e. The number of hydrogen-bond donors (Lipinski definition) is 0. The van der Waals surface area contributed by atoms with E-state index in [2.05, 4.69) is 24.0 Å². The van der Waals surface area contributed by atoms with Crippen molar-refractivity contribution in [1.82, 2.24) is 0 Å². The normalized spacial score (nSPS) is 22.0. The molecular formula is C18H22O2S6. The molecule has 2 aliphatic rings. The second kappa shape index (κ2) is 12.8. The van der Waals surface area contributed by atoms with E-state index in [1.807, 2.05) is 47.0 Å². The van der Waals surface area contributed by atoms with Crippen LogP contribution in [-0.4, -0.2) is 30.9 Å². The molecule has 142 valence electrons. The molecule has 0 saturated heterocycles. The van der Waals surface area contributed by atoms with Crippen molar-refractivity contribution in [2.75, 3.05) is 11.5 Å². The van der Waals surface area contributed by atoms with E-state index in [1.54, 1.807) is 0 Å². The van der Waals surface area contributed by atoms with Crippen LogP contribution in [-0.2, 0) is 9.59 Å². The standard InChI is InChI=1S/C18H22O2S6/c1-3-15(19)21-9-13-11-23-17(25-13)7-5-6-8-18-24-12-14(26-18)10-22-16(20)4-2/h3-4,11-12,17-18H,1-2,5-10H2. The number of carbonyl (C=O) groups excluding carboxylic acids is 2. The molecule has 0 aliphatic carbocycles. The minimum Gasteiger partial charge on any atom is -0.282 e. The van der Waals surface area contributed by atoms with Crippen molar-refractivity contribution in [2.24, 2.45) is 0 Å². The van der Waals surface area contributed by atoms with E-state index >= 15 is 0 Å². The molecule has 2 unspecified atom stereocenters. The Balaban J connectivity index is 1.50. The second-order valence-electron chi connectivity index (χ2n) is 5.44. The first-order valence-corrected chi connectivity index (χ1v) is 13.8. The molecule has 0 radical (unpaired) electrons. The molecular weight excluding hydrogens is 441 g/mol. The summed E-state index contributed by atoms with van der Waals surface area (Å²) in [5.41, 5.74) is 0. The molecule has 0 spiro atoms. The van der Waals surface area contributed by atoms with E-state index in [1.165, 1.54) is 71.2 Å². The Morgan fingerprint density at radius 1 is 0.885 bits per heavy atom. The fourth-order valence-electron chi connectivity index (χ4n) is 2.17. The van der Waals surface area contributed by atoms with Crippen LogP contribution in [0.5, 0.6) is 0 Å². The summed E-state index contributed by atoms with van der Waals surface area (Å²) in [7, 11) is 0. The van der Waals surface area contributed by atoms with Gasteiger partial charge in [0.1, 0.15) is 0 Å². The number of thioether (sulfide) groups is 6. The molecule has 0 amide bonds. The van der Waals surface area contributed by atoms with Crippen LogP contribution in [0.25, 0.3) is 0 Å². The zero-order valence-corrected chi connectivity index (χ0v) is 19.3. The van der Waals surface area contributed by atoms with Crippen molar-refractivity contribution in [3.05, 3.63) is 45.9 Å². The molecule has 0 saturated carbocycles. The highest BCUT2D eigenvalue weighted by molar-refractivity contribution is 8.24. The van der Waals surface area contributed by atoms with Gasteiger partial charge in [-0.1, -0.05) is 49.5 Å². The first-order valence-electron chi connectivity index (χ1n) is 8.21. The van der Waals surface area contributed by atoms with Gasteiger partial charge in [-0.2, -0.15) is 0 Å². The smallest absolute Gasteiger partial charge is 0.211 e. The summed E-state index contributed by atoms with van der Waals surface area (Å²) in [6, 6.07) is 0. The van der Waals surface area contributed by atoms with Gasteiger partial charge in [-0.3, -0.25) is 9.59 Å². The SMILES string of the molecule is C=CC(=O)SCC1=CSC(CCCCC2SC=C(CSC(=O)C=C)S2)S1. The zero-order chi connectivity index (χ0) is 18.8. The molecule has 8 heteroatoms. The maximum absolute atomic E-state index is 11.3. The van der Waals surface area contributed by atoms with Crippen molar-refractivity contribution in [3.63, 3.8) is 0 Å². The highest BCUT2D eigenvalue weighted by Gasteiger charge is 2.21. The monoisotopic (exact) mass is 462 g/mol. The van der Waals surface area contributed by atoms with E-state index in [0.29, 0.717) is 9.16 Å². The molecule has 26 heavy (non-hydrogen) atoms. The Morgan fingerprint density at radius 2 is 1.31 bits per heavy atom. The minimum atomic E-state index is 0.0479. The first kappa shape index (κ1) is 22.7. The largest absolute Gasteiger partial charge is 0.282 e. The van der Waals surface area contributed by atoms with Crippen LogP contribution in [0, 0.1) is 0 Å². The van der Waals surface area contributed by atoms with Crippen LogP contribution in [0.2, 0.25) is 0 Å². The molecule has 0 aromatic heterocycles. The fourth-order valence-corrected chi connectivity index (χ4v) is 9.17. The summed E-state index contributed by atoms with van der Waals surface area (Å²) in [5, 5.41) is 4.51. The van der Waals surface area contributed by atoms with Crippen LogP contribution in [0.1, 0.15) is 25.7 Å². The van der Waals surface area contributed by atoms with Crippen LogP contribution >= 0.6 is 70.6 Å². The number of carbonyl (C=O) groups is 2. The van der Waals surface area contributed by atoms with Gasteiger partial charge in [-0.25, -0.2) is 0 Å². The van der Waals surface area contributed by atoms with Gasteiger partial charge in [0.05, 0.1) is 9.16 Å². The lowest BCUT2D eigenvalue weighted by atomic mass is 10.2. The molecule has 2 atom stereocenters. The van der Waals surface area contributed by atoms with E-state index < -0.39 is 0 Å². The summed E-state index contributed by atoms with van der Waals surface area (Å²) in [4.78, 5) is 25.2. The maximum atomic E-state index is 11.3. The van der Waals surface area contributed by atoms with Crippen molar-refractivity contribution >= 4 is 80.8 Å². The van der Waals surface area contributed by atoms with E-state index in [-0.39, 0.29) is 10.2 Å². The topological polar surface area (TPSA) is 34.1 Å². The predicted octanol–water partition coefficient (Wildman–Crippen LogP) is 6.73. The Hall–Kier alpha value is 0.400. The van der Waals surface area contributed by atoms with Crippen LogP contribution in [0.3, 0.4) is 0 Å². The highest BCUT2D eigenvalue weighted by Crippen LogP contribution is 2.45. The lowest BCUT2D eigenvalue weighted by molar-refractivity contribution is -0.107. The van der Waals surface area contributed by atoms with Crippen molar-refractivity contribution in [1.29, 1.82) is 0 Å². The molecule has 2 nitrogen and oxygen atoms in total. The molecule has 0 bridgehead atoms. The number of hydrogen-bond acceptors (Lipinski definition) is 8. The summed E-state index contributed by atoms with van der Waals surface area (Å²) in [5.74, 6) is 1.55. The summed E-state index contributed by atoms with van der Waals surface area (Å²) in [6.45, 7) is 7.00. The summed E-state index contributed by atoms with van der Waals surface area (Å²) < 4.78 is 1.20. The van der Waals surface area contributed by atoms with Crippen molar-refractivity contribution in [3.8, 4) is 0 Å². The Morgan fingerprint density at radius 3 is 1.69 bits per heavy atom. The Kier molecular flexibility index (Phi) is 11.2. The number of rotatable bonds is 11. The second-order valence-corrected chi connectivity index (χ2v) is 12.8. The van der Waals surface area contributed by atoms with Gasteiger partial charge in [0.25, 0.3) is 0 Å². The average molecular weight is 463 g/mol. The summed E-state index contributed by atoms with van der Waals surface area (Å²) >= 11 is 10.3. The molecule has 0 aromatic carbocycles. The van der Waals surface area contributed by atoms with Crippen molar-refractivity contribution < 1.29 is 9.59 Å². The van der Waals surface area contributed by atoms with Gasteiger partial charge in [0.2, 0.25) is 10.2 Å². The number of unbranched alkanes of at least 4 members (excludes halogenated alkanes) is 1. The molecule has 2 aliphatic heterocycles. The van der Waals surface area contributed by atoms with Crippen molar-refractivity contribution in [2.45, 2.75) is 34.8 Å². The third kappa shape index (κ3) is 8.61. The third-order valence-electron chi connectivity index (χ3n) is 3.44. The minimum absolute atomic E-state index is 0.0479.